The Balaban J connectivity index is 2.11. The second kappa shape index (κ2) is 7.52. The highest BCUT2D eigenvalue weighted by Gasteiger charge is 2.30. The van der Waals surface area contributed by atoms with Crippen molar-refractivity contribution in [1.29, 1.82) is 0 Å². The number of nitrogens with zero attached hydrogens (tertiary/aromatic N) is 1. The van der Waals surface area contributed by atoms with Crippen LogP contribution in [-0.4, -0.2) is 23.2 Å². The number of nitrogens with one attached hydrogen (secondary N) is 1. The zero-order valence-corrected chi connectivity index (χ0v) is 13.7. The third-order valence-electron chi connectivity index (χ3n) is 4.37. The van der Waals surface area contributed by atoms with Crippen molar-refractivity contribution in [1.82, 2.24) is 10.3 Å². The molecule has 118 valence electrons. The van der Waals surface area contributed by atoms with Crippen LogP contribution in [-0.2, 0) is 0 Å². The molecule has 0 aliphatic rings. The number of rotatable bonds is 7. The summed E-state index contributed by atoms with van der Waals surface area (Å²) in [6.45, 7) is 7.34. The van der Waals surface area contributed by atoms with Crippen molar-refractivity contribution in [2.24, 2.45) is 5.41 Å². The molecule has 1 aromatic heterocycles. The molecule has 1 heterocycles. The molecule has 2 rings (SSSR count). The van der Waals surface area contributed by atoms with Crippen LogP contribution in [0.2, 0.25) is 0 Å². The van der Waals surface area contributed by atoms with Crippen LogP contribution < -0.4 is 5.32 Å². The average Bonchev–Trinajstić information content (AvgIpc) is 2.56. The predicted molar refractivity (Wildman–Crippen MR) is 90.7 cm³/mol. The van der Waals surface area contributed by atoms with Gasteiger partial charge in [0.05, 0.1) is 0 Å². The maximum Gasteiger partial charge on any atom is 0.0488 e. The molecule has 2 N–H and O–H groups in total. The minimum absolute atomic E-state index is 0.162. The molecule has 0 aliphatic heterocycles. The van der Waals surface area contributed by atoms with Crippen molar-refractivity contribution in [2.75, 3.05) is 13.2 Å². The van der Waals surface area contributed by atoms with E-state index in [0.717, 1.165) is 6.54 Å². The lowest BCUT2D eigenvalue weighted by atomic mass is 9.75. The van der Waals surface area contributed by atoms with Crippen LogP contribution in [0.25, 0.3) is 0 Å². The molecular weight excluding hydrogens is 272 g/mol. The van der Waals surface area contributed by atoms with Gasteiger partial charge in [0.2, 0.25) is 0 Å². The summed E-state index contributed by atoms with van der Waals surface area (Å²) < 4.78 is 0. The summed E-state index contributed by atoms with van der Waals surface area (Å²) in [4.78, 5) is 4.18. The number of aromatic nitrogens is 1. The summed E-state index contributed by atoms with van der Waals surface area (Å²) in [5, 5.41) is 13.4. The highest BCUT2D eigenvalue weighted by Crippen LogP contribution is 2.35. The largest absolute Gasteiger partial charge is 0.396 e. The van der Waals surface area contributed by atoms with Gasteiger partial charge in [-0.2, -0.15) is 0 Å². The number of hydrogen-bond donors (Lipinski definition) is 2. The lowest BCUT2D eigenvalue weighted by Gasteiger charge is -2.34. The molecular formula is C19H26N2O. The SMILES string of the molecule is CC(NCC(c1ccccc1)C(C)(C)CO)c1cccnc1. The maximum absolute atomic E-state index is 9.77. The van der Waals surface area contributed by atoms with E-state index in [0.29, 0.717) is 0 Å². The first-order chi connectivity index (χ1) is 10.5. The van der Waals surface area contributed by atoms with E-state index in [1.54, 1.807) is 6.20 Å². The van der Waals surface area contributed by atoms with E-state index in [4.69, 9.17) is 0 Å². The molecule has 0 bridgehead atoms. The van der Waals surface area contributed by atoms with Crippen LogP contribution in [0.5, 0.6) is 0 Å². The number of benzene rings is 1. The highest BCUT2D eigenvalue weighted by molar-refractivity contribution is 5.22. The Kier molecular flexibility index (Phi) is 5.69. The Hall–Kier alpha value is -1.71. The topological polar surface area (TPSA) is 45.1 Å². The lowest BCUT2D eigenvalue weighted by Crippen LogP contribution is -2.35. The van der Waals surface area contributed by atoms with E-state index in [9.17, 15) is 5.11 Å². The summed E-state index contributed by atoms with van der Waals surface area (Å²) >= 11 is 0. The summed E-state index contributed by atoms with van der Waals surface area (Å²) in [5.74, 6) is 0.248. The van der Waals surface area contributed by atoms with Crippen molar-refractivity contribution < 1.29 is 5.11 Å². The molecule has 22 heavy (non-hydrogen) atoms. The van der Waals surface area contributed by atoms with Crippen molar-refractivity contribution >= 4 is 0 Å². The Labute approximate surface area is 133 Å². The average molecular weight is 298 g/mol. The van der Waals surface area contributed by atoms with Gasteiger partial charge in [0.15, 0.2) is 0 Å². The Morgan fingerprint density at radius 2 is 1.77 bits per heavy atom. The normalized spacial score (nSPS) is 14.5. The van der Waals surface area contributed by atoms with Gasteiger partial charge in [-0.25, -0.2) is 0 Å². The Bertz CT molecular complexity index is 554. The van der Waals surface area contributed by atoms with Gasteiger partial charge in [0, 0.05) is 37.5 Å². The monoisotopic (exact) mass is 298 g/mol. The van der Waals surface area contributed by atoms with E-state index in [1.807, 2.05) is 18.3 Å². The number of aliphatic hydroxyl groups is 1. The van der Waals surface area contributed by atoms with Gasteiger partial charge in [-0.05, 0) is 29.5 Å². The highest BCUT2D eigenvalue weighted by atomic mass is 16.3. The summed E-state index contributed by atoms with van der Waals surface area (Å²) in [6, 6.07) is 14.7. The van der Waals surface area contributed by atoms with Crippen LogP contribution >= 0.6 is 0 Å². The minimum atomic E-state index is -0.178. The number of pyridine rings is 1. The van der Waals surface area contributed by atoms with Crippen molar-refractivity contribution in [3.8, 4) is 0 Å². The third-order valence-corrected chi connectivity index (χ3v) is 4.37. The lowest BCUT2D eigenvalue weighted by molar-refractivity contribution is 0.128. The molecule has 0 radical (unpaired) electrons. The molecule has 2 aromatic rings. The molecule has 0 amide bonds. The third kappa shape index (κ3) is 4.15. The summed E-state index contributed by atoms with van der Waals surface area (Å²) in [5.41, 5.74) is 2.26. The maximum atomic E-state index is 9.77. The summed E-state index contributed by atoms with van der Waals surface area (Å²) in [7, 11) is 0. The molecule has 2 unspecified atom stereocenters. The van der Waals surface area contributed by atoms with Crippen LogP contribution in [0.3, 0.4) is 0 Å². The zero-order valence-electron chi connectivity index (χ0n) is 13.7. The van der Waals surface area contributed by atoms with Gasteiger partial charge in [-0.1, -0.05) is 50.2 Å². The first-order valence-electron chi connectivity index (χ1n) is 7.83. The van der Waals surface area contributed by atoms with Crippen LogP contribution in [0, 0.1) is 5.41 Å². The number of hydrogen-bond acceptors (Lipinski definition) is 3. The predicted octanol–water partition coefficient (Wildman–Crippen LogP) is 3.53. The van der Waals surface area contributed by atoms with E-state index in [-0.39, 0.29) is 24.0 Å². The zero-order chi connectivity index (χ0) is 16.0. The van der Waals surface area contributed by atoms with Crippen molar-refractivity contribution in [3.05, 3.63) is 66.0 Å². The standard InChI is InChI=1S/C19H26N2O/c1-15(17-10-7-11-20-12-17)21-13-18(19(2,3)14-22)16-8-5-4-6-9-16/h4-12,15,18,21-22H,13-14H2,1-3H3. The van der Waals surface area contributed by atoms with E-state index < -0.39 is 0 Å². The molecule has 0 saturated carbocycles. The molecule has 0 spiro atoms. The van der Waals surface area contributed by atoms with Crippen LogP contribution in [0.4, 0.5) is 0 Å². The smallest absolute Gasteiger partial charge is 0.0488 e. The number of aliphatic hydroxyl groups excluding tert-OH is 1. The van der Waals surface area contributed by atoms with Crippen molar-refractivity contribution in [3.63, 3.8) is 0 Å². The molecule has 1 aromatic carbocycles. The van der Waals surface area contributed by atoms with Gasteiger partial charge in [-0.3, -0.25) is 4.98 Å². The Morgan fingerprint density at radius 1 is 1.09 bits per heavy atom. The second-order valence-corrected chi connectivity index (χ2v) is 6.53. The first-order valence-corrected chi connectivity index (χ1v) is 7.83. The Morgan fingerprint density at radius 3 is 2.36 bits per heavy atom. The minimum Gasteiger partial charge on any atom is -0.396 e. The second-order valence-electron chi connectivity index (χ2n) is 6.53. The van der Waals surface area contributed by atoms with E-state index >= 15 is 0 Å². The fourth-order valence-electron chi connectivity index (χ4n) is 2.69. The van der Waals surface area contributed by atoms with Crippen LogP contribution in [0.1, 0.15) is 43.9 Å². The van der Waals surface area contributed by atoms with Gasteiger partial charge >= 0.3 is 0 Å². The van der Waals surface area contributed by atoms with Crippen molar-refractivity contribution in [2.45, 2.75) is 32.7 Å². The van der Waals surface area contributed by atoms with Gasteiger partial charge < -0.3 is 10.4 Å². The molecule has 2 atom stereocenters. The first kappa shape index (κ1) is 16.7. The molecule has 3 heteroatoms. The molecule has 0 aliphatic carbocycles. The fourth-order valence-corrected chi connectivity index (χ4v) is 2.69. The van der Waals surface area contributed by atoms with Gasteiger partial charge in [-0.15, -0.1) is 0 Å². The van der Waals surface area contributed by atoms with E-state index in [1.165, 1.54) is 11.1 Å². The fraction of sp³-hybridized carbons (Fsp3) is 0.421. The molecule has 0 fully saturated rings. The quantitative estimate of drug-likeness (QED) is 0.822. The molecule has 3 nitrogen and oxygen atoms in total. The van der Waals surface area contributed by atoms with Gasteiger partial charge in [0.25, 0.3) is 0 Å². The summed E-state index contributed by atoms with van der Waals surface area (Å²) in [6.07, 6.45) is 3.68. The molecule has 0 saturated heterocycles. The van der Waals surface area contributed by atoms with Gasteiger partial charge in [0.1, 0.15) is 0 Å². The van der Waals surface area contributed by atoms with Crippen LogP contribution in [0.15, 0.2) is 54.9 Å². The van der Waals surface area contributed by atoms with E-state index in [2.05, 4.69) is 61.4 Å².